The molecule has 1 aliphatic heterocycles. The molecule has 7 nitrogen and oxygen atoms in total. The highest BCUT2D eigenvalue weighted by atomic mass is 32.2. The second-order valence-corrected chi connectivity index (χ2v) is 8.93. The molecule has 0 spiro atoms. The van der Waals surface area contributed by atoms with Crippen molar-refractivity contribution in [3.63, 3.8) is 0 Å². The van der Waals surface area contributed by atoms with E-state index >= 15 is 0 Å². The van der Waals surface area contributed by atoms with Crippen molar-refractivity contribution in [2.45, 2.75) is 40.7 Å². The minimum Gasteiger partial charge on any atom is -0.490 e. The van der Waals surface area contributed by atoms with E-state index in [0.717, 1.165) is 27.8 Å². The summed E-state index contributed by atoms with van der Waals surface area (Å²) >= 11 is 0.811. The van der Waals surface area contributed by atoms with Crippen LogP contribution in [0.1, 0.15) is 37.5 Å². The standard InChI is InChI=1S/C25H28N2O5S/c1-6-31-21-12-18(9-10-20(21)32-15(2)3)13-22-24(29)27(25(30)33-22)14-23(28)26-19-11-16(4)7-8-17(19)5/h7-13,15H,6,14H2,1-5H3,(H,26,28)/b22-13+. The van der Waals surface area contributed by atoms with E-state index in [2.05, 4.69) is 5.32 Å². The summed E-state index contributed by atoms with van der Waals surface area (Å²) < 4.78 is 11.4. The molecule has 0 saturated carbocycles. The molecule has 3 rings (SSSR count). The Morgan fingerprint density at radius 2 is 1.88 bits per heavy atom. The number of nitrogens with one attached hydrogen (secondary N) is 1. The maximum Gasteiger partial charge on any atom is 0.294 e. The third-order valence-corrected chi connectivity index (χ3v) is 5.68. The molecule has 0 atom stereocenters. The second-order valence-electron chi connectivity index (χ2n) is 7.94. The number of hydrogen-bond donors (Lipinski definition) is 1. The van der Waals surface area contributed by atoms with Crippen LogP contribution in [-0.4, -0.2) is 41.2 Å². The van der Waals surface area contributed by atoms with Crippen molar-refractivity contribution >= 4 is 40.6 Å². The van der Waals surface area contributed by atoms with Crippen LogP contribution in [0, 0.1) is 13.8 Å². The summed E-state index contributed by atoms with van der Waals surface area (Å²) in [4.78, 5) is 39.0. The summed E-state index contributed by atoms with van der Waals surface area (Å²) in [5.41, 5.74) is 3.26. The molecule has 8 heteroatoms. The molecule has 0 aliphatic carbocycles. The SMILES string of the molecule is CCOc1cc(/C=C2/SC(=O)N(CC(=O)Nc3cc(C)ccc3C)C2=O)ccc1OC(C)C. The molecule has 0 radical (unpaired) electrons. The number of amides is 3. The first-order chi connectivity index (χ1) is 15.7. The van der Waals surface area contributed by atoms with E-state index in [0.29, 0.717) is 29.4 Å². The predicted octanol–water partition coefficient (Wildman–Crippen LogP) is 5.16. The van der Waals surface area contributed by atoms with Crippen molar-refractivity contribution in [3.8, 4) is 11.5 Å². The fourth-order valence-electron chi connectivity index (χ4n) is 3.23. The van der Waals surface area contributed by atoms with Crippen LogP contribution in [0.3, 0.4) is 0 Å². The third-order valence-electron chi connectivity index (χ3n) is 4.77. The first kappa shape index (κ1) is 24.4. The van der Waals surface area contributed by atoms with E-state index in [1.54, 1.807) is 24.3 Å². The molecule has 33 heavy (non-hydrogen) atoms. The first-order valence-electron chi connectivity index (χ1n) is 10.7. The van der Waals surface area contributed by atoms with Crippen LogP contribution in [0.25, 0.3) is 6.08 Å². The van der Waals surface area contributed by atoms with Gasteiger partial charge in [-0.15, -0.1) is 0 Å². The zero-order valence-electron chi connectivity index (χ0n) is 19.4. The van der Waals surface area contributed by atoms with Gasteiger partial charge >= 0.3 is 0 Å². The molecule has 3 amide bonds. The quantitative estimate of drug-likeness (QED) is 0.539. The highest BCUT2D eigenvalue weighted by Crippen LogP contribution is 2.35. The number of thioether (sulfide) groups is 1. The Balaban J connectivity index is 1.74. The molecule has 1 heterocycles. The molecule has 0 aromatic heterocycles. The number of benzene rings is 2. The fourth-order valence-corrected chi connectivity index (χ4v) is 4.06. The summed E-state index contributed by atoms with van der Waals surface area (Å²) in [6.45, 7) is 9.65. The van der Waals surface area contributed by atoms with E-state index in [1.807, 2.05) is 52.8 Å². The summed E-state index contributed by atoms with van der Waals surface area (Å²) in [6.07, 6.45) is 1.61. The number of anilines is 1. The summed E-state index contributed by atoms with van der Waals surface area (Å²) in [5, 5.41) is 2.30. The van der Waals surface area contributed by atoms with E-state index in [1.165, 1.54) is 0 Å². The summed E-state index contributed by atoms with van der Waals surface area (Å²) in [5.74, 6) is 0.245. The van der Waals surface area contributed by atoms with Crippen LogP contribution in [0.5, 0.6) is 11.5 Å². The van der Waals surface area contributed by atoms with Gasteiger partial charge in [0.15, 0.2) is 11.5 Å². The van der Waals surface area contributed by atoms with Crippen LogP contribution in [0.4, 0.5) is 10.5 Å². The lowest BCUT2D eigenvalue weighted by Crippen LogP contribution is -2.36. The highest BCUT2D eigenvalue weighted by Gasteiger charge is 2.36. The van der Waals surface area contributed by atoms with Gasteiger partial charge < -0.3 is 14.8 Å². The van der Waals surface area contributed by atoms with Crippen LogP contribution in [0.2, 0.25) is 0 Å². The first-order valence-corrected chi connectivity index (χ1v) is 11.6. The summed E-state index contributed by atoms with van der Waals surface area (Å²) in [7, 11) is 0. The molecule has 0 unspecified atom stereocenters. The Kier molecular flexibility index (Phi) is 7.81. The number of carbonyl (C=O) groups is 3. The van der Waals surface area contributed by atoms with Crippen molar-refractivity contribution in [1.29, 1.82) is 0 Å². The van der Waals surface area contributed by atoms with Gasteiger partial charge in [-0.25, -0.2) is 0 Å². The topological polar surface area (TPSA) is 84.9 Å². The Labute approximate surface area is 198 Å². The lowest BCUT2D eigenvalue weighted by atomic mass is 10.1. The van der Waals surface area contributed by atoms with Crippen molar-refractivity contribution in [2.24, 2.45) is 0 Å². The largest absolute Gasteiger partial charge is 0.490 e. The van der Waals surface area contributed by atoms with Crippen LogP contribution >= 0.6 is 11.8 Å². The third kappa shape index (κ3) is 6.16. The Bertz CT molecular complexity index is 1110. The van der Waals surface area contributed by atoms with E-state index in [-0.39, 0.29) is 17.6 Å². The molecule has 1 aliphatic rings. The lowest BCUT2D eigenvalue weighted by molar-refractivity contribution is -0.127. The Morgan fingerprint density at radius 1 is 1.12 bits per heavy atom. The fraction of sp³-hybridized carbons (Fsp3) is 0.320. The number of ether oxygens (including phenoxy) is 2. The smallest absolute Gasteiger partial charge is 0.294 e. The van der Waals surface area contributed by atoms with Gasteiger partial charge in [0.1, 0.15) is 6.54 Å². The second kappa shape index (κ2) is 10.6. The Hall–Kier alpha value is -3.26. The average Bonchev–Trinajstić information content (AvgIpc) is 3.00. The van der Waals surface area contributed by atoms with Gasteiger partial charge in [-0.3, -0.25) is 19.3 Å². The maximum atomic E-state index is 12.8. The number of hydrogen-bond acceptors (Lipinski definition) is 6. The van der Waals surface area contributed by atoms with E-state index in [4.69, 9.17) is 9.47 Å². The number of carbonyl (C=O) groups excluding carboxylic acids is 3. The van der Waals surface area contributed by atoms with Gasteiger partial charge in [0.2, 0.25) is 5.91 Å². The monoisotopic (exact) mass is 468 g/mol. The molecule has 1 fully saturated rings. The van der Waals surface area contributed by atoms with Crippen LogP contribution < -0.4 is 14.8 Å². The van der Waals surface area contributed by atoms with Gasteiger partial charge in [-0.1, -0.05) is 18.2 Å². The van der Waals surface area contributed by atoms with Gasteiger partial charge in [-0.2, -0.15) is 0 Å². The Morgan fingerprint density at radius 3 is 2.58 bits per heavy atom. The molecule has 1 saturated heterocycles. The molecule has 0 bridgehead atoms. The normalized spacial score (nSPS) is 14.8. The minimum absolute atomic E-state index is 0.0127. The number of imide groups is 1. The highest BCUT2D eigenvalue weighted by molar-refractivity contribution is 8.18. The van der Waals surface area contributed by atoms with Crippen molar-refractivity contribution < 1.29 is 23.9 Å². The van der Waals surface area contributed by atoms with Gasteiger partial charge in [0, 0.05) is 5.69 Å². The van der Waals surface area contributed by atoms with Crippen LogP contribution in [-0.2, 0) is 9.59 Å². The maximum absolute atomic E-state index is 12.8. The molecule has 174 valence electrons. The zero-order valence-corrected chi connectivity index (χ0v) is 20.2. The molecular formula is C25H28N2O5S. The average molecular weight is 469 g/mol. The zero-order chi connectivity index (χ0) is 24.1. The number of rotatable bonds is 8. The van der Waals surface area contributed by atoms with Gasteiger partial charge in [-0.05, 0) is 87.3 Å². The molecule has 1 N–H and O–H groups in total. The van der Waals surface area contributed by atoms with Crippen molar-refractivity contribution in [2.75, 3.05) is 18.5 Å². The van der Waals surface area contributed by atoms with Gasteiger partial charge in [0.05, 0.1) is 17.6 Å². The minimum atomic E-state index is -0.499. The van der Waals surface area contributed by atoms with Crippen molar-refractivity contribution in [1.82, 2.24) is 4.90 Å². The molecule has 2 aromatic carbocycles. The summed E-state index contributed by atoms with van der Waals surface area (Å²) in [6, 6.07) is 11.0. The lowest BCUT2D eigenvalue weighted by Gasteiger charge is -2.15. The van der Waals surface area contributed by atoms with E-state index in [9.17, 15) is 14.4 Å². The molecule has 2 aromatic rings. The van der Waals surface area contributed by atoms with E-state index < -0.39 is 17.1 Å². The number of aryl methyl sites for hydroxylation is 2. The van der Waals surface area contributed by atoms with Crippen molar-refractivity contribution in [3.05, 3.63) is 58.0 Å². The predicted molar refractivity (Wildman–Crippen MR) is 131 cm³/mol. The van der Waals surface area contributed by atoms with Gasteiger partial charge in [0.25, 0.3) is 11.1 Å². The molecular weight excluding hydrogens is 440 g/mol. The van der Waals surface area contributed by atoms with Crippen LogP contribution in [0.15, 0.2) is 41.3 Å². The number of nitrogens with zero attached hydrogens (tertiary/aromatic N) is 1.